The Morgan fingerprint density at radius 2 is 1.52 bits per heavy atom. The van der Waals surface area contributed by atoms with Crippen LogP contribution >= 0.6 is 12.4 Å². The largest absolute Gasteiger partial charge is 0.330 e. The number of unbranched alkanes of at least 4 members (excludes halogenated alkanes) is 9. The molecule has 1 saturated heterocycles. The number of benzene rings is 1. The zero-order valence-electron chi connectivity index (χ0n) is 19.8. The van der Waals surface area contributed by atoms with Gasteiger partial charge in [-0.1, -0.05) is 57.4 Å². The van der Waals surface area contributed by atoms with E-state index in [0.717, 1.165) is 36.8 Å². The fourth-order valence-corrected chi connectivity index (χ4v) is 4.68. The van der Waals surface area contributed by atoms with Crippen LogP contribution in [0.3, 0.4) is 0 Å². The summed E-state index contributed by atoms with van der Waals surface area (Å²) in [7, 11) is 1.74. The van der Waals surface area contributed by atoms with Gasteiger partial charge in [-0.3, -0.25) is 24.0 Å². The number of nitrogens with two attached hydrogens (primary N) is 1. The Morgan fingerprint density at radius 1 is 0.909 bits per heavy atom. The van der Waals surface area contributed by atoms with Crippen molar-refractivity contribution < 1.29 is 9.59 Å². The Morgan fingerprint density at radius 3 is 2.12 bits per heavy atom. The number of piperidine rings is 1. The van der Waals surface area contributed by atoms with Gasteiger partial charge < -0.3 is 5.73 Å². The summed E-state index contributed by atoms with van der Waals surface area (Å²) in [6.07, 6.45) is 14.3. The number of halogens is 1. The van der Waals surface area contributed by atoms with Gasteiger partial charge in [0.15, 0.2) is 0 Å². The van der Waals surface area contributed by atoms with Gasteiger partial charge in [-0.05, 0) is 49.9 Å². The summed E-state index contributed by atoms with van der Waals surface area (Å²) in [5, 5.41) is 2.35. The summed E-state index contributed by atoms with van der Waals surface area (Å²) in [6.45, 7) is 0.814. The molecule has 3 rings (SSSR count). The molecule has 1 aromatic carbocycles. The second kappa shape index (κ2) is 13.6. The number of carbonyl (C=O) groups excluding carboxylic acids is 2. The standard InChI is InChI=1S/C25H38N4O3.ClH/c1-28-22-18-19(12-10-8-6-4-2-3-5-7-9-11-17-26)13-14-20(22)29(25(28)32)21-15-16-23(30)27-24(21)31;/h13-14,18,21H,2-12,15-17,26H2,1H3,(H,27,30,31);1H. The Hall–Kier alpha value is -2.12. The van der Waals surface area contributed by atoms with Crippen LogP contribution in [0.5, 0.6) is 0 Å². The van der Waals surface area contributed by atoms with E-state index in [1.54, 1.807) is 11.6 Å². The number of aryl methyl sites for hydroxylation is 2. The summed E-state index contributed by atoms with van der Waals surface area (Å²) in [4.78, 5) is 36.6. The van der Waals surface area contributed by atoms with Crippen molar-refractivity contribution in [1.29, 1.82) is 0 Å². The molecule has 0 spiro atoms. The summed E-state index contributed by atoms with van der Waals surface area (Å²) in [5.74, 6) is -0.667. The molecule has 1 atom stereocenters. The van der Waals surface area contributed by atoms with Crippen molar-refractivity contribution >= 4 is 35.3 Å². The normalized spacial score (nSPS) is 16.1. The maximum Gasteiger partial charge on any atom is 0.329 e. The number of amides is 2. The van der Waals surface area contributed by atoms with Crippen LogP contribution < -0.4 is 16.7 Å². The maximum atomic E-state index is 12.8. The molecule has 1 aromatic heterocycles. The van der Waals surface area contributed by atoms with Crippen molar-refractivity contribution in [1.82, 2.24) is 14.5 Å². The number of fused-ring (bicyclic) bond motifs is 1. The van der Waals surface area contributed by atoms with Crippen molar-refractivity contribution in [3.63, 3.8) is 0 Å². The molecule has 2 amide bonds. The highest BCUT2D eigenvalue weighted by Gasteiger charge is 2.31. The first kappa shape index (κ1) is 27.1. The first-order valence-electron chi connectivity index (χ1n) is 12.3. The molecule has 0 aliphatic carbocycles. The van der Waals surface area contributed by atoms with Crippen LogP contribution in [0.4, 0.5) is 0 Å². The van der Waals surface area contributed by atoms with Crippen LogP contribution in [0.15, 0.2) is 23.0 Å². The predicted molar refractivity (Wildman–Crippen MR) is 135 cm³/mol. The molecule has 2 heterocycles. The zero-order valence-corrected chi connectivity index (χ0v) is 20.6. The lowest BCUT2D eigenvalue weighted by molar-refractivity contribution is -0.135. The van der Waals surface area contributed by atoms with E-state index in [2.05, 4.69) is 17.4 Å². The lowest BCUT2D eigenvalue weighted by Crippen LogP contribution is -2.44. The maximum absolute atomic E-state index is 12.8. The number of imide groups is 1. The third kappa shape index (κ3) is 7.18. The topological polar surface area (TPSA) is 99.1 Å². The van der Waals surface area contributed by atoms with Gasteiger partial charge in [-0.2, -0.15) is 0 Å². The highest BCUT2D eigenvalue weighted by Crippen LogP contribution is 2.24. The number of rotatable bonds is 13. The number of nitrogens with zero attached hydrogens (tertiary/aromatic N) is 2. The van der Waals surface area contributed by atoms with Crippen LogP contribution in [-0.2, 0) is 23.1 Å². The molecular weight excluding hydrogens is 440 g/mol. The van der Waals surface area contributed by atoms with Crippen molar-refractivity contribution in [2.75, 3.05) is 6.54 Å². The van der Waals surface area contributed by atoms with Gasteiger partial charge in [0.1, 0.15) is 6.04 Å². The first-order valence-corrected chi connectivity index (χ1v) is 12.3. The van der Waals surface area contributed by atoms with E-state index < -0.39 is 11.9 Å². The molecule has 1 aliphatic heterocycles. The minimum atomic E-state index is -0.629. The van der Waals surface area contributed by atoms with Gasteiger partial charge >= 0.3 is 5.69 Å². The van der Waals surface area contributed by atoms with Gasteiger partial charge in [0.25, 0.3) is 0 Å². The summed E-state index contributed by atoms with van der Waals surface area (Å²) in [6, 6.07) is 5.45. The molecule has 7 nitrogen and oxygen atoms in total. The highest BCUT2D eigenvalue weighted by molar-refractivity contribution is 6.00. The Balaban J connectivity index is 0.00000385. The van der Waals surface area contributed by atoms with E-state index in [1.165, 1.54) is 61.5 Å². The zero-order chi connectivity index (χ0) is 22.9. The minimum absolute atomic E-state index is 0. The number of hydrogen-bond donors (Lipinski definition) is 2. The molecule has 3 N–H and O–H groups in total. The molecule has 1 aliphatic rings. The monoisotopic (exact) mass is 478 g/mol. The molecule has 8 heteroatoms. The molecule has 1 fully saturated rings. The number of imidazole rings is 1. The summed E-state index contributed by atoms with van der Waals surface area (Å²) in [5.41, 5.74) is 8.12. The third-order valence-electron chi connectivity index (χ3n) is 6.60. The van der Waals surface area contributed by atoms with Crippen LogP contribution in [0, 0.1) is 0 Å². The molecule has 0 bridgehead atoms. The lowest BCUT2D eigenvalue weighted by atomic mass is 10.0. The SMILES string of the molecule is Cl.Cn1c(=O)n(C2CCC(=O)NC2=O)c2ccc(CCCCCCCCCCCCN)cc21. The average Bonchev–Trinajstić information content (AvgIpc) is 3.02. The Kier molecular flexibility index (Phi) is 11.1. The molecule has 2 aromatic rings. The first-order chi connectivity index (χ1) is 15.5. The molecule has 33 heavy (non-hydrogen) atoms. The molecule has 0 saturated carbocycles. The van der Waals surface area contributed by atoms with Gasteiger partial charge in [0.05, 0.1) is 11.0 Å². The van der Waals surface area contributed by atoms with E-state index in [1.807, 2.05) is 6.07 Å². The van der Waals surface area contributed by atoms with Crippen molar-refractivity contribution in [3.8, 4) is 0 Å². The molecule has 184 valence electrons. The number of aromatic nitrogens is 2. The van der Waals surface area contributed by atoms with Crippen molar-refractivity contribution in [2.45, 2.75) is 89.5 Å². The minimum Gasteiger partial charge on any atom is -0.330 e. The van der Waals surface area contributed by atoms with Crippen LogP contribution in [-0.4, -0.2) is 27.5 Å². The van der Waals surface area contributed by atoms with Crippen LogP contribution in [0.1, 0.15) is 88.7 Å². The summed E-state index contributed by atoms with van der Waals surface area (Å²) >= 11 is 0. The third-order valence-corrected chi connectivity index (χ3v) is 6.60. The Bertz CT molecular complexity index is 982. The van der Waals surface area contributed by atoms with E-state index in [9.17, 15) is 14.4 Å². The van der Waals surface area contributed by atoms with Crippen molar-refractivity contribution in [2.24, 2.45) is 12.8 Å². The fraction of sp³-hybridized carbons (Fsp3) is 0.640. The second-order valence-corrected chi connectivity index (χ2v) is 9.08. The smallest absolute Gasteiger partial charge is 0.329 e. The van der Waals surface area contributed by atoms with Crippen molar-refractivity contribution in [3.05, 3.63) is 34.2 Å². The van der Waals surface area contributed by atoms with Gasteiger partial charge in [0.2, 0.25) is 11.8 Å². The fourth-order valence-electron chi connectivity index (χ4n) is 4.68. The van der Waals surface area contributed by atoms with E-state index >= 15 is 0 Å². The van der Waals surface area contributed by atoms with Gasteiger partial charge in [-0.25, -0.2) is 4.79 Å². The van der Waals surface area contributed by atoms with Gasteiger partial charge in [-0.15, -0.1) is 12.4 Å². The average molecular weight is 479 g/mol. The predicted octanol–water partition coefficient (Wildman–Crippen LogP) is 4.14. The quantitative estimate of drug-likeness (QED) is 0.334. The molecule has 0 radical (unpaired) electrons. The molecular formula is C25H39ClN4O3. The molecule has 1 unspecified atom stereocenters. The van der Waals surface area contributed by atoms with E-state index in [-0.39, 0.29) is 30.4 Å². The number of nitrogens with one attached hydrogen (secondary N) is 1. The van der Waals surface area contributed by atoms with E-state index in [0.29, 0.717) is 6.42 Å². The van der Waals surface area contributed by atoms with Crippen LogP contribution in [0.25, 0.3) is 11.0 Å². The lowest BCUT2D eigenvalue weighted by Gasteiger charge is -2.21. The number of carbonyl (C=O) groups is 2. The summed E-state index contributed by atoms with van der Waals surface area (Å²) < 4.78 is 3.15. The van der Waals surface area contributed by atoms with Crippen LogP contribution in [0.2, 0.25) is 0 Å². The second-order valence-electron chi connectivity index (χ2n) is 9.08. The number of hydrogen-bond acceptors (Lipinski definition) is 4. The van der Waals surface area contributed by atoms with E-state index in [4.69, 9.17) is 5.73 Å². The van der Waals surface area contributed by atoms with Gasteiger partial charge in [0, 0.05) is 13.5 Å². The highest BCUT2D eigenvalue weighted by atomic mass is 35.5. The Labute approximate surface area is 202 Å².